The maximum Gasteiger partial charge on any atom is 0.169 e. The lowest BCUT2D eigenvalue weighted by atomic mass is 10.1. The Kier molecular flexibility index (Phi) is 2.52. The molecule has 1 aromatic carbocycles. The van der Waals surface area contributed by atoms with Gasteiger partial charge in [0.25, 0.3) is 0 Å². The summed E-state index contributed by atoms with van der Waals surface area (Å²) in [6.45, 7) is 4.89. The lowest BCUT2D eigenvalue weighted by Gasteiger charge is -2.33. The molecule has 90 valence electrons. The molecule has 0 bridgehead atoms. The van der Waals surface area contributed by atoms with Crippen molar-refractivity contribution in [3.05, 3.63) is 30.3 Å². The highest BCUT2D eigenvalue weighted by Gasteiger charge is 2.17. The van der Waals surface area contributed by atoms with Gasteiger partial charge in [-0.2, -0.15) is 0 Å². The monoisotopic (exact) mass is 234 g/mol. The van der Waals surface area contributed by atoms with Gasteiger partial charge in [0, 0.05) is 42.8 Å². The van der Waals surface area contributed by atoms with Crippen LogP contribution in [0.1, 0.15) is 6.92 Å². The van der Waals surface area contributed by atoms with Crippen molar-refractivity contribution in [2.45, 2.75) is 13.0 Å². The minimum atomic E-state index is -0.284. The first kappa shape index (κ1) is 10.6. The zero-order valence-electron chi connectivity index (χ0n) is 9.74. The van der Waals surface area contributed by atoms with Crippen molar-refractivity contribution >= 4 is 16.7 Å². The molecular weight excluding hydrogens is 219 g/mol. The van der Waals surface area contributed by atoms with Gasteiger partial charge < -0.3 is 14.6 Å². The predicted octanol–water partition coefficient (Wildman–Crippen LogP) is 2.37. The fourth-order valence-corrected chi connectivity index (χ4v) is 2.37. The van der Waals surface area contributed by atoms with Crippen LogP contribution >= 0.6 is 0 Å². The Labute approximate surface area is 99.2 Å². The molecule has 3 nitrogen and oxygen atoms in total. The largest absolute Gasteiger partial charge is 0.461 e. The fourth-order valence-electron chi connectivity index (χ4n) is 2.37. The Balaban J connectivity index is 1.99. The molecule has 1 saturated heterocycles. The van der Waals surface area contributed by atoms with Crippen LogP contribution < -0.4 is 10.2 Å². The molecule has 1 aliphatic heterocycles. The van der Waals surface area contributed by atoms with Gasteiger partial charge in [0.2, 0.25) is 0 Å². The van der Waals surface area contributed by atoms with Crippen molar-refractivity contribution in [2.24, 2.45) is 0 Å². The van der Waals surface area contributed by atoms with E-state index in [1.165, 1.54) is 6.26 Å². The van der Waals surface area contributed by atoms with E-state index in [0.29, 0.717) is 11.6 Å². The van der Waals surface area contributed by atoms with Crippen molar-refractivity contribution in [3.63, 3.8) is 0 Å². The average Bonchev–Trinajstić information content (AvgIpc) is 2.77. The Morgan fingerprint density at radius 3 is 3.18 bits per heavy atom. The summed E-state index contributed by atoms with van der Waals surface area (Å²) in [5.41, 5.74) is 1.28. The van der Waals surface area contributed by atoms with Crippen molar-refractivity contribution < 1.29 is 8.81 Å². The highest BCUT2D eigenvalue weighted by Crippen LogP contribution is 2.26. The standard InChI is InChI=1S/C13H15FN2O/c1-9-8-16(4-3-15-9)11-6-10-2-5-17-13(10)12(14)7-11/h2,5-7,9,15H,3-4,8H2,1H3. The summed E-state index contributed by atoms with van der Waals surface area (Å²) in [5.74, 6) is -0.284. The molecule has 3 rings (SSSR count). The third-order valence-corrected chi connectivity index (χ3v) is 3.22. The summed E-state index contributed by atoms with van der Waals surface area (Å²) in [6, 6.07) is 5.78. The zero-order chi connectivity index (χ0) is 11.8. The predicted molar refractivity (Wildman–Crippen MR) is 65.8 cm³/mol. The summed E-state index contributed by atoms with van der Waals surface area (Å²) >= 11 is 0. The fraction of sp³-hybridized carbons (Fsp3) is 0.385. The highest BCUT2D eigenvalue weighted by atomic mass is 19.1. The first-order valence-electron chi connectivity index (χ1n) is 5.89. The molecule has 0 radical (unpaired) electrons. The molecule has 2 heterocycles. The van der Waals surface area contributed by atoms with Crippen LogP contribution in [0.25, 0.3) is 11.0 Å². The molecule has 1 aromatic heterocycles. The minimum absolute atomic E-state index is 0.284. The van der Waals surface area contributed by atoms with E-state index in [1.54, 1.807) is 12.1 Å². The normalized spacial score (nSPS) is 21.1. The summed E-state index contributed by atoms with van der Waals surface area (Å²) in [6.07, 6.45) is 1.53. The van der Waals surface area contributed by atoms with Gasteiger partial charge in [0.15, 0.2) is 11.4 Å². The van der Waals surface area contributed by atoms with Crippen molar-refractivity contribution in [3.8, 4) is 0 Å². The number of rotatable bonds is 1. The molecule has 2 aromatic rings. The van der Waals surface area contributed by atoms with Crippen LogP contribution in [-0.2, 0) is 0 Å². The highest BCUT2D eigenvalue weighted by molar-refractivity contribution is 5.82. The Bertz CT molecular complexity index is 537. The first-order chi connectivity index (χ1) is 8.24. The van der Waals surface area contributed by atoms with E-state index < -0.39 is 0 Å². The van der Waals surface area contributed by atoms with Crippen LogP contribution in [0.15, 0.2) is 28.9 Å². The van der Waals surface area contributed by atoms with E-state index in [0.717, 1.165) is 30.7 Å². The smallest absolute Gasteiger partial charge is 0.169 e. The van der Waals surface area contributed by atoms with Crippen LogP contribution in [0.3, 0.4) is 0 Å². The Hall–Kier alpha value is -1.55. The first-order valence-corrected chi connectivity index (χ1v) is 5.89. The quantitative estimate of drug-likeness (QED) is 0.821. The molecule has 1 unspecified atom stereocenters. The van der Waals surface area contributed by atoms with E-state index in [9.17, 15) is 4.39 Å². The number of anilines is 1. The topological polar surface area (TPSA) is 28.4 Å². The summed E-state index contributed by atoms with van der Waals surface area (Å²) in [7, 11) is 0. The van der Waals surface area contributed by atoms with E-state index in [2.05, 4.69) is 17.1 Å². The van der Waals surface area contributed by atoms with E-state index in [4.69, 9.17) is 4.42 Å². The molecule has 1 aliphatic rings. The molecule has 0 amide bonds. The molecule has 1 N–H and O–H groups in total. The zero-order valence-corrected chi connectivity index (χ0v) is 9.74. The van der Waals surface area contributed by atoms with Crippen LogP contribution in [0.2, 0.25) is 0 Å². The van der Waals surface area contributed by atoms with Crippen LogP contribution in [0.4, 0.5) is 10.1 Å². The van der Waals surface area contributed by atoms with Gasteiger partial charge in [-0.25, -0.2) is 4.39 Å². The number of furan rings is 1. The number of nitrogens with zero attached hydrogens (tertiary/aromatic N) is 1. The molecule has 0 aliphatic carbocycles. The summed E-state index contributed by atoms with van der Waals surface area (Å²) < 4.78 is 18.9. The maximum absolute atomic E-state index is 13.8. The lowest BCUT2D eigenvalue weighted by molar-refractivity contribution is 0.484. The number of benzene rings is 1. The number of fused-ring (bicyclic) bond motifs is 1. The second kappa shape index (κ2) is 4.04. The van der Waals surface area contributed by atoms with Gasteiger partial charge in [-0.3, -0.25) is 0 Å². The van der Waals surface area contributed by atoms with Crippen LogP contribution in [-0.4, -0.2) is 25.7 Å². The third kappa shape index (κ3) is 1.89. The van der Waals surface area contributed by atoms with Gasteiger partial charge in [0.1, 0.15) is 0 Å². The van der Waals surface area contributed by atoms with Crippen molar-refractivity contribution in [1.82, 2.24) is 5.32 Å². The van der Waals surface area contributed by atoms with Crippen molar-refractivity contribution in [2.75, 3.05) is 24.5 Å². The summed E-state index contributed by atoms with van der Waals surface area (Å²) in [5, 5.41) is 4.20. The molecule has 1 atom stereocenters. The second-order valence-electron chi connectivity index (χ2n) is 4.57. The van der Waals surface area contributed by atoms with Gasteiger partial charge in [0.05, 0.1) is 6.26 Å². The SMILES string of the molecule is CC1CN(c2cc(F)c3occc3c2)CCN1. The van der Waals surface area contributed by atoms with Gasteiger partial charge in [-0.15, -0.1) is 0 Å². The molecule has 17 heavy (non-hydrogen) atoms. The minimum Gasteiger partial charge on any atom is -0.461 e. The van der Waals surface area contributed by atoms with E-state index in [-0.39, 0.29) is 5.82 Å². The molecule has 0 saturated carbocycles. The van der Waals surface area contributed by atoms with Crippen LogP contribution in [0.5, 0.6) is 0 Å². The van der Waals surface area contributed by atoms with Crippen LogP contribution in [0, 0.1) is 5.82 Å². The number of hydrogen-bond donors (Lipinski definition) is 1. The molecule has 4 heteroatoms. The van der Waals surface area contributed by atoms with Crippen molar-refractivity contribution in [1.29, 1.82) is 0 Å². The Morgan fingerprint density at radius 1 is 1.47 bits per heavy atom. The molecular formula is C13H15FN2O. The number of halogens is 1. The van der Waals surface area contributed by atoms with Gasteiger partial charge >= 0.3 is 0 Å². The van der Waals surface area contributed by atoms with E-state index in [1.807, 2.05) is 6.07 Å². The number of piperazine rings is 1. The number of hydrogen-bond acceptors (Lipinski definition) is 3. The average molecular weight is 234 g/mol. The maximum atomic E-state index is 13.8. The third-order valence-electron chi connectivity index (χ3n) is 3.22. The molecule has 1 fully saturated rings. The lowest BCUT2D eigenvalue weighted by Crippen LogP contribution is -2.49. The second-order valence-corrected chi connectivity index (χ2v) is 4.57. The van der Waals surface area contributed by atoms with Gasteiger partial charge in [-0.1, -0.05) is 0 Å². The summed E-state index contributed by atoms with van der Waals surface area (Å²) in [4.78, 5) is 2.21. The number of nitrogens with one attached hydrogen (secondary N) is 1. The Morgan fingerprint density at radius 2 is 2.35 bits per heavy atom. The molecule has 0 spiro atoms. The van der Waals surface area contributed by atoms with Gasteiger partial charge in [-0.05, 0) is 19.1 Å². The van der Waals surface area contributed by atoms with E-state index >= 15 is 0 Å².